The van der Waals surface area contributed by atoms with Gasteiger partial charge in [0.15, 0.2) is 0 Å². The second-order valence-electron chi connectivity index (χ2n) is 3.91. The van der Waals surface area contributed by atoms with Crippen LogP contribution in [0, 0.1) is 0 Å². The molecule has 0 saturated heterocycles. The number of nitrogens with one attached hydrogen (secondary N) is 2. The third-order valence-electron chi connectivity index (χ3n) is 2.57. The summed E-state index contributed by atoms with van der Waals surface area (Å²) in [5, 5.41) is 2.73. The quantitative estimate of drug-likeness (QED) is 0.852. The first-order chi connectivity index (χ1) is 9.53. The van der Waals surface area contributed by atoms with Gasteiger partial charge < -0.3 is 5.32 Å². The SMILES string of the molecule is CNc1ncc(S(=O)(=O)NCc2ccccc2Br)cn1. The molecule has 0 unspecified atom stereocenters. The molecule has 20 heavy (non-hydrogen) atoms. The van der Waals surface area contributed by atoms with Crippen molar-refractivity contribution in [3.05, 3.63) is 46.7 Å². The predicted molar refractivity (Wildman–Crippen MR) is 79.7 cm³/mol. The van der Waals surface area contributed by atoms with Crippen LogP contribution in [0.2, 0.25) is 0 Å². The molecule has 0 aliphatic carbocycles. The second-order valence-corrected chi connectivity index (χ2v) is 6.53. The number of anilines is 1. The molecule has 0 atom stereocenters. The highest BCUT2D eigenvalue weighted by atomic mass is 79.9. The zero-order valence-electron chi connectivity index (χ0n) is 10.7. The Balaban J connectivity index is 2.13. The standard InChI is InChI=1S/C12H13BrN4O2S/c1-14-12-15-7-10(8-16-12)20(18,19)17-6-9-4-2-3-5-11(9)13/h2-5,7-8,17H,6H2,1H3,(H,14,15,16). The van der Waals surface area contributed by atoms with Gasteiger partial charge in [0.1, 0.15) is 4.90 Å². The normalized spacial score (nSPS) is 11.3. The molecule has 0 radical (unpaired) electrons. The van der Waals surface area contributed by atoms with Crippen molar-refractivity contribution >= 4 is 31.9 Å². The molecule has 6 nitrogen and oxygen atoms in total. The fourth-order valence-electron chi connectivity index (χ4n) is 1.48. The van der Waals surface area contributed by atoms with E-state index in [9.17, 15) is 8.42 Å². The molecular formula is C12H13BrN4O2S. The highest BCUT2D eigenvalue weighted by molar-refractivity contribution is 9.10. The van der Waals surface area contributed by atoms with Crippen LogP contribution in [0.3, 0.4) is 0 Å². The zero-order chi connectivity index (χ0) is 14.6. The van der Waals surface area contributed by atoms with Gasteiger partial charge in [0.2, 0.25) is 16.0 Å². The smallest absolute Gasteiger partial charge is 0.243 e. The number of halogens is 1. The Morgan fingerprint density at radius 3 is 2.45 bits per heavy atom. The van der Waals surface area contributed by atoms with Gasteiger partial charge in [-0.1, -0.05) is 34.1 Å². The summed E-state index contributed by atoms with van der Waals surface area (Å²) in [5.74, 6) is 0.370. The summed E-state index contributed by atoms with van der Waals surface area (Å²) in [4.78, 5) is 7.80. The Morgan fingerprint density at radius 2 is 1.85 bits per heavy atom. The van der Waals surface area contributed by atoms with Crippen LogP contribution in [0.15, 0.2) is 46.0 Å². The maximum Gasteiger partial charge on any atom is 0.243 e. The van der Waals surface area contributed by atoms with Gasteiger partial charge in [-0.2, -0.15) is 0 Å². The van der Waals surface area contributed by atoms with Crippen molar-refractivity contribution in [3.63, 3.8) is 0 Å². The lowest BCUT2D eigenvalue weighted by molar-refractivity contribution is 0.580. The van der Waals surface area contributed by atoms with Gasteiger partial charge in [-0.25, -0.2) is 23.1 Å². The van der Waals surface area contributed by atoms with Crippen LogP contribution in [0.5, 0.6) is 0 Å². The first-order valence-electron chi connectivity index (χ1n) is 5.76. The number of hydrogen-bond acceptors (Lipinski definition) is 5. The van der Waals surface area contributed by atoms with Crippen molar-refractivity contribution in [1.29, 1.82) is 0 Å². The fourth-order valence-corrected chi connectivity index (χ4v) is 2.80. The Morgan fingerprint density at radius 1 is 1.20 bits per heavy atom. The molecule has 1 heterocycles. The first kappa shape index (κ1) is 14.9. The van der Waals surface area contributed by atoms with Crippen LogP contribution in [-0.4, -0.2) is 25.4 Å². The molecule has 0 aliphatic rings. The minimum atomic E-state index is -3.62. The van der Waals surface area contributed by atoms with Gasteiger partial charge in [-0.3, -0.25) is 0 Å². The lowest BCUT2D eigenvalue weighted by Crippen LogP contribution is -2.23. The minimum absolute atomic E-state index is 0.0311. The van der Waals surface area contributed by atoms with Gasteiger partial charge in [0, 0.05) is 18.1 Å². The maximum absolute atomic E-state index is 12.1. The third-order valence-corrected chi connectivity index (χ3v) is 4.70. The molecule has 0 saturated carbocycles. The highest BCUT2D eigenvalue weighted by Gasteiger charge is 2.15. The topological polar surface area (TPSA) is 84.0 Å². The van der Waals surface area contributed by atoms with E-state index in [0.29, 0.717) is 5.95 Å². The lowest BCUT2D eigenvalue weighted by atomic mass is 10.2. The first-order valence-corrected chi connectivity index (χ1v) is 8.03. The Kier molecular flexibility index (Phi) is 4.69. The van der Waals surface area contributed by atoms with Gasteiger partial charge in [-0.05, 0) is 11.6 Å². The van der Waals surface area contributed by atoms with Crippen LogP contribution in [0.25, 0.3) is 0 Å². The molecule has 2 rings (SSSR count). The van der Waals surface area contributed by atoms with Crippen LogP contribution < -0.4 is 10.0 Å². The summed E-state index contributed by atoms with van der Waals surface area (Å²) < 4.78 is 27.5. The Hall–Kier alpha value is -1.51. The van der Waals surface area contributed by atoms with Crippen molar-refractivity contribution in [2.24, 2.45) is 0 Å². The van der Waals surface area contributed by atoms with E-state index in [1.165, 1.54) is 12.4 Å². The van der Waals surface area contributed by atoms with E-state index < -0.39 is 10.0 Å². The molecule has 0 spiro atoms. The van der Waals surface area contributed by atoms with Crippen molar-refractivity contribution < 1.29 is 8.42 Å². The van der Waals surface area contributed by atoms with Crippen molar-refractivity contribution in [3.8, 4) is 0 Å². The minimum Gasteiger partial charge on any atom is -0.357 e. The summed E-state index contributed by atoms with van der Waals surface area (Å²) >= 11 is 3.37. The largest absolute Gasteiger partial charge is 0.357 e. The highest BCUT2D eigenvalue weighted by Crippen LogP contribution is 2.16. The Labute approximate surface area is 125 Å². The number of benzene rings is 1. The van der Waals surface area contributed by atoms with E-state index in [-0.39, 0.29) is 11.4 Å². The average molecular weight is 357 g/mol. The molecule has 0 aliphatic heterocycles. The lowest BCUT2D eigenvalue weighted by Gasteiger charge is -2.08. The fraction of sp³-hybridized carbons (Fsp3) is 0.167. The van der Waals surface area contributed by atoms with Crippen LogP contribution in [-0.2, 0) is 16.6 Å². The van der Waals surface area contributed by atoms with Gasteiger partial charge in [0.25, 0.3) is 0 Å². The molecule has 0 fully saturated rings. The van der Waals surface area contributed by atoms with Crippen LogP contribution in [0.4, 0.5) is 5.95 Å². The van der Waals surface area contributed by atoms with Crippen molar-refractivity contribution in [2.45, 2.75) is 11.4 Å². The molecule has 2 aromatic rings. The van der Waals surface area contributed by atoms with Gasteiger partial charge >= 0.3 is 0 Å². The summed E-state index contributed by atoms with van der Waals surface area (Å²) in [6, 6.07) is 7.41. The maximum atomic E-state index is 12.1. The van der Waals surface area contributed by atoms with Gasteiger partial charge in [0.05, 0.1) is 12.4 Å². The van der Waals surface area contributed by atoms with E-state index in [2.05, 4.69) is 35.9 Å². The zero-order valence-corrected chi connectivity index (χ0v) is 13.1. The number of aromatic nitrogens is 2. The number of nitrogens with zero attached hydrogens (tertiary/aromatic N) is 2. The van der Waals surface area contributed by atoms with Crippen molar-refractivity contribution in [2.75, 3.05) is 12.4 Å². The summed E-state index contributed by atoms with van der Waals surface area (Å²) in [7, 11) is -1.96. The molecule has 106 valence electrons. The number of hydrogen-bond donors (Lipinski definition) is 2. The van der Waals surface area contributed by atoms with E-state index in [1.807, 2.05) is 24.3 Å². The Bertz CT molecular complexity index is 689. The number of sulfonamides is 1. The van der Waals surface area contributed by atoms with E-state index in [0.717, 1.165) is 10.0 Å². The van der Waals surface area contributed by atoms with E-state index in [4.69, 9.17) is 0 Å². The summed E-state index contributed by atoms with van der Waals surface area (Å²) in [6.45, 7) is 0.192. The molecular weight excluding hydrogens is 344 g/mol. The van der Waals surface area contributed by atoms with E-state index >= 15 is 0 Å². The predicted octanol–water partition coefficient (Wildman–Crippen LogP) is 1.76. The molecule has 1 aromatic carbocycles. The summed E-state index contributed by atoms with van der Waals surface area (Å²) in [6.07, 6.45) is 2.53. The molecule has 0 bridgehead atoms. The van der Waals surface area contributed by atoms with Crippen LogP contribution >= 0.6 is 15.9 Å². The van der Waals surface area contributed by atoms with Gasteiger partial charge in [-0.15, -0.1) is 0 Å². The van der Waals surface area contributed by atoms with Crippen LogP contribution in [0.1, 0.15) is 5.56 Å². The molecule has 2 N–H and O–H groups in total. The summed E-state index contributed by atoms with van der Waals surface area (Å²) in [5.41, 5.74) is 0.851. The average Bonchev–Trinajstić information content (AvgIpc) is 2.46. The molecule has 1 aromatic heterocycles. The third kappa shape index (κ3) is 3.53. The second kappa shape index (κ2) is 6.29. The molecule has 8 heteroatoms. The molecule has 0 amide bonds. The monoisotopic (exact) mass is 356 g/mol. The van der Waals surface area contributed by atoms with Crippen molar-refractivity contribution in [1.82, 2.24) is 14.7 Å². The van der Waals surface area contributed by atoms with E-state index in [1.54, 1.807) is 7.05 Å². The number of rotatable bonds is 5.